The normalized spacial score (nSPS) is 12.5. The molecule has 0 aliphatic heterocycles. The van der Waals surface area contributed by atoms with Gasteiger partial charge in [-0.15, -0.1) is 0 Å². The summed E-state index contributed by atoms with van der Waals surface area (Å²) < 4.78 is 6.95. The third kappa shape index (κ3) is 4.40. The monoisotopic (exact) mass is 303 g/mol. The fourth-order valence-corrected chi connectivity index (χ4v) is 2.52. The van der Waals surface area contributed by atoms with Gasteiger partial charge in [-0.1, -0.05) is 30.3 Å². The Morgan fingerprint density at radius 3 is 2.68 bits per heavy atom. The number of methoxy groups -OCH3 is 1. The average Bonchev–Trinajstić information content (AvgIpc) is 2.76. The SMILES string of the molecule is COCC(O)CNCc1c(C)nn(Cc2ccccc2)c1C. The van der Waals surface area contributed by atoms with Crippen LogP contribution in [0.25, 0.3) is 0 Å². The quantitative estimate of drug-likeness (QED) is 0.778. The molecule has 1 aromatic carbocycles. The Morgan fingerprint density at radius 1 is 1.27 bits per heavy atom. The first-order valence-corrected chi connectivity index (χ1v) is 7.56. The van der Waals surface area contributed by atoms with Gasteiger partial charge in [0.1, 0.15) is 0 Å². The molecule has 5 nitrogen and oxygen atoms in total. The Balaban J connectivity index is 1.98. The summed E-state index contributed by atoms with van der Waals surface area (Å²) in [5.74, 6) is 0. The van der Waals surface area contributed by atoms with Crippen molar-refractivity contribution in [3.63, 3.8) is 0 Å². The summed E-state index contributed by atoms with van der Waals surface area (Å²) >= 11 is 0. The molecule has 0 amide bonds. The van der Waals surface area contributed by atoms with Crippen molar-refractivity contribution >= 4 is 0 Å². The Bertz CT molecular complexity index is 581. The van der Waals surface area contributed by atoms with Crippen LogP contribution in [0.15, 0.2) is 30.3 Å². The molecule has 5 heteroatoms. The van der Waals surface area contributed by atoms with Crippen LogP contribution < -0.4 is 5.32 Å². The molecule has 1 unspecified atom stereocenters. The van der Waals surface area contributed by atoms with Gasteiger partial charge in [-0.3, -0.25) is 4.68 Å². The number of aryl methyl sites for hydroxylation is 1. The van der Waals surface area contributed by atoms with Crippen molar-refractivity contribution in [3.05, 3.63) is 52.8 Å². The maximum absolute atomic E-state index is 9.66. The van der Waals surface area contributed by atoms with Crippen LogP contribution in [-0.2, 0) is 17.8 Å². The summed E-state index contributed by atoms with van der Waals surface area (Å²) in [5.41, 5.74) is 4.63. The van der Waals surface area contributed by atoms with Gasteiger partial charge in [0.05, 0.1) is 24.9 Å². The van der Waals surface area contributed by atoms with E-state index in [1.54, 1.807) is 7.11 Å². The second kappa shape index (κ2) is 8.08. The predicted octanol–water partition coefficient (Wildman–Crippen LogP) is 1.65. The number of hydrogen-bond acceptors (Lipinski definition) is 4. The summed E-state index contributed by atoms with van der Waals surface area (Å²) in [4.78, 5) is 0. The molecule has 0 saturated heterocycles. The van der Waals surface area contributed by atoms with Crippen LogP contribution in [0.1, 0.15) is 22.5 Å². The Labute approximate surface area is 131 Å². The van der Waals surface area contributed by atoms with Crippen molar-refractivity contribution in [1.29, 1.82) is 0 Å². The Hall–Kier alpha value is -1.69. The molecule has 2 rings (SSSR count). The highest BCUT2D eigenvalue weighted by Crippen LogP contribution is 2.14. The molecule has 0 saturated carbocycles. The van der Waals surface area contributed by atoms with Crippen LogP contribution in [0.4, 0.5) is 0 Å². The van der Waals surface area contributed by atoms with Crippen molar-refractivity contribution in [1.82, 2.24) is 15.1 Å². The molecule has 0 aliphatic rings. The molecular weight excluding hydrogens is 278 g/mol. The average molecular weight is 303 g/mol. The van der Waals surface area contributed by atoms with Gasteiger partial charge in [-0.25, -0.2) is 0 Å². The molecule has 2 N–H and O–H groups in total. The minimum atomic E-state index is -0.482. The van der Waals surface area contributed by atoms with Crippen LogP contribution in [0.5, 0.6) is 0 Å². The first kappa shape index (κ1) is 16.7. The van der Waals surface area contributed by atoms with Crippen LogP contribution in [-0.4, -0.2) is 41.3 Å². The zero-order valence-corrected chi connectivity index (χ0v) is 13.5. The predicted molar refractivity (Wildman–Crippen MR) is 86.8 cm³/mol. The summed E-state index contributed by atoms with van der Waals surface area (Å²) in [6, 6.07) is 10.3. The number of rotatable bonds is 8. The maximum atomic E-state index is 9.66. The van der Waals surface area contributed by atoms with E-state index in [1.165, 1.54) is 11.1 Å². The van der Waals surface area contributed by atoms with E-state index < -0.39 is 6.10 Å². The van der Waals surface area contributed by atoms with Gasteiger partial charge in [-0.05, 0) is 19.4 Å². The lowest BCUT2D eigenvalue weighted by atomic mass is 10.2. The van der Waals surface area contributed by atoms with Crippen LogP contribution in [0.3, 0.4) is 0 Å². The fraction of sp³-hybridized carbons (Fsp3) is 0.471. The Morgan fingerprint density at radius 2 is 2.00 bits per heavy atom. The summed E-state index contributed by atoms with van der Waals surface area (Å²) in [6.07, 6.45) is -0.482. The van der Waals surface area contributed by atoms with Gasteiger partial charge in [-0.2, -0.15) is 5.10 Å². The molecule has 1 atom stereocenters. The van der Waals surface area contributed by atoms with Crippen molar-refractivity contribution in [2.45, 2.75) is 33.0 Å². The summed E-state index contributed by atoms with van der Waals surface area (Å²) in [6.45, 7) is 6.45. The molecule has 0 spiro atoms. The van der Waals surface area contributed by atoms with Gasteiger partial charge < -0.3 is 15.2 Å². The lowest BCUT2D eigenvalue weighted by Gasteiger charge is -2.11. The third-order valence-corrected chi connectivity index (χ3v) is 3.75. The van der Waals surface area contributed by atoms with E-state index >= 15 is 0 Å². The first-order valence-electron chi connectivity index (χ1n) is 7.56. The highest BCUT2D eigenvalue weighted by molar-refractivity contribution is 5.26. The molecule has 120 valence electrons. The standard InChI is InChI=1S/C17H25N3O2/c1-13-17(10-18-9-16(21)12-22-3)14(2)20(19-13)11-15-7-5-4-6-8-15/h4-8,16,18,21H,9-12H2,1-3H3. The molecule has 2 aromatic rings. The summed E-state index contributed by atoms with van der Waals surface area (Å²) in [5, 5.41) is 17.5. The van der Waals surface area contributed by atoms with E-state index in [4.69, 9.17) is 4.74 Å². The van der Waals surface area contributed by atoms with Crippen LogP contribution in [0.2, 0.25) is 0 Å². The molecule has 1 aromatic heterocycles. The lowest BCUT2D eigenvalue weighted by Crippen LogP contribution is -2.29. The van der Waals surface area contributed by atoms with E-state index in [0.717, 1.165) is 17.9 Å². The number of aliphatic hydroxyl groups excluding tert-OH is 1. The van der Waals surface area contributed by atoms with E-state index in [1.807, 2.05) is 29.8 Å². The van der Waals surface area contributed by atoms with Crippen molar-refractivity contribution in [2.75, 3.05) is 20.3 Å². The smallest absolute Gasteiger partial charge is 0.0897 e. The molecule has 0 aliphatic carbocycles. The minimum absolute atomic E-state index is 0.345. The zero-order valence-electron chi connectivity index (χ0n) is 13.5. The fourth-order valence-electron chi connectivity index (χ4n) is 2.52. The Kier molecular flexibility index (Phi) is 6.12. The number of nitrogens with zero attached hydrogens (tertiary/aromatic N) is 2. The molecule has 1 heterocycles. The van der Waals surface area contributed by atoms with Crippen LogP contribution >= 0.6 is 0 Å². The number of ether oxygens (including phenoxy) is 1. The van der Waals surface area contributed by atoms with Gasteiger partial charge in [0, 0.05) is 31.5 Å². The third-order valence-electron chi connectivity index (χ3n) is 3.75. The molecular formula is C17H25N3O2. The molecule has 0 bridgehead atoms. The highest BCUT2D eigenvalue weighted by Gasteiger charge is 2.12. The zero-order chi connectivity index (χ0) is 15.9. The number of aromatic nitrogens is 2. The highest BCUT2D eigenvalue weighted by atomic mass is 16.5. The van der Waals surface area contributed by atoms with E-state index in [9.17, 15) is 5.11 Å². The second-order valence-electron chi connectivity index (χ2n) is 5.53. The molecule has 22 heavy (non-hydrogen) atoms. The lowest BCUT2D eigenvalue weighted by molar-refractivity contribution is 0.0644. The van der Waals surface area contributed by atoms with Crippen molar-refractivity contribution in [3.8, 4) is 0 Å². The van der Waals surface area contributed by atoms with E-state index in [-0.39, 0.29) is 0 Å². The van der Waals surface area contributed by atoms with Gasteiger partial charge >= 0.3 is 0 Å². The van der Waals surface area contributed by atoms with Crippen molar-refractivity contribution in [2.24, 2.45) is 0 Å². The van der Waals surface area contributed by atoms with Crippen molar-refractivity contribution < 1.29 is 9.84 Å². The van der Waals surface area contributed by atoms with Crippen LogP contribution in [0, 0.1) is 13.8 Å². The number of nitrogens with one attached hydrogen (secondary N) is 1. The second-order valence-corrected chi connectivity index (χ2v) is 5.53. The van der Waals surface area contributed by atoms with Gasteiger partial charge in [0.2, 0.25) is 0 Å². The molecule has 0 fully saturated rings. The van der Waals surface area contributed by atoms with E-state index in [0.29, 0.717) is 19.7 Å². The summed E-state index contributed by atoms with van der Waals surface area (Å²) in [7, 11) is 1.59. The number of aliphatic hydroxyl groups is 1. The van der Waals surface area contributed by atoms with Gasteiger partial charge in [0.25, 0.3) is 0 Å². The first-order chi connectivity index (χ1) is 10.6. The van der Waals surface area contributed by atoms with Gasteiger partial charge in [0.15, 0.2) is 0 Å². The largest absolute Gasteiger partial charge is 0.389 e. The van der Waals surface area contributed by atoms with E-state index in [2.05, 4.69) is 29.5 Å². The maximum Gasteiger partial charge on any atom is 0.0897 e. The number of benzene rings is 1. The number of hydrogen-bond donors (Lipinski definition) is 2. The topological polar surface area (TPSA) is 59.3 Å². The molecule has 0 radical (unpaired) electrons. The minimum Gasteiger partial charge on any atom is -0.389 e.